The molecular formula is C31H30IN5O4. The van der Waals surface area contributed by atoms with Crippen molar-refractivity contribution in [2.45, 2.75) is 36.5 Å². The molecule has 9 nitrogen and oxygen atoms in total. The van der Waals surface area contributed by atoms with Crippen molar-refractivity contribution in [3.8, 4) is 5.75 Å². The molecule has 1 fully saturated rings. The summed E-state index contributed by atoms with van der Waals surface area (Å²) in [7, 11) is 1.65. The van der Waals surface area contributed by atoms with Crippen LogP contribution >= 0.6 is 22.6 Å². The molecule has 0 spiro atoms. The maximum absolute atomic E-state index is 11.2. The summed E-state index contributed by atoms with van der Waals surface area (Å²) in [6, 6.07) is 28.3. The van der Waals surface area contributed by atoms with Crippen LogP contribution in [0.4, 0.5) is 5.82 Å². The van der Waals surface area contributed by atoms with Crippen LogP contribution in [0.3, 0.4) is 0 Å². The summed E-state index contributed by atoms with van der Waals surface area (Å²) in [4.78, 5) is 13.8. The molecule has 5 aromatic rings. The first-order chi connectivity index (χ1) is 19.9. The predicted octanol–water partition coefficient (Wildman–Crippen LogP) is 4.68. The molecule has 1 aliphatic heterocycles. The second kappa shape index (κ2) is 11.0. The van der Waals surface area contributed by atoms with E-state index < -0.39 is 29.6 Å². The third kappa shape index (κ3) is 4.64. The van der Waals surface area contributed by atoms with Gasteiger partial charge in [-0.1, -0.05) is 95.4 Å². The quantitative estimate of drug-likeness (QED) is 0.125. The van der Waals surface area contributed by atoms with Crippen LogP contribution in [0.2, 0.25) is 0 Å². The summed E-state index contributed by atoms with van der Waals surface area (Å²) in [6.45, 7) is 1.57. The maximum Gasteiger partial charge on any atom is 0.168 e. The number of alkyl halides is 1. The van der Waals surface area contributed by atoms with Crippen LogP contribution in [0.25, 0.3) is 11.2 Å². The highest BCUT2D eigenvalue weighted by atomic mass is 127. The fraction of sp³-hybridized carbons (Fsp3) is 0.258. The number of aliphatic hydroxyl groups is 2. The summed E-state index contributed by atoms with van der Waals surface area (Å²) in [5, 5.41) is 25.7. The lowest BCUT2D eigenvalue weighted by Gasteiger charge is -2.37. The minimum atomic E-state index is -1.54. The van der Waals surface area contributed by atoms with Gasteiger partial charge in [-0.25, -0.2) is 15.0 Å². The number of aromatic nitrogens is 4. The van der Waals surface area contributed by atoms with Gasteiger partial charge in [0, 0.05) is 4.43 Å². The number of benzene rings is 3. The molecule has 1 aliphatic rings. The molecular weight excluding hydrogens is 633 g/mol. The first-order valence-corrected chi connectivity index (χ1v) is 14.8. The van der Waals surface area contributed by atoms with E-state index in [9.17, 15) is 10.2 Å². The number of hydrogen-bond donors (Lipinski definition) is 3. The zero-order valence-corrected chi connectivity index (χ0v) is 24.7. The number of methoxy groups -OCH3 is 1. The van der Waals surface area contributed by atoms with Gasteiger partial charge in [0.2, 0.25) is 0 Å². The van der Waals surface area contributed by atoms with E-state index >= 15 is 0 Å². The maximum atomic E-state index is 11.2. The van der Waals surface area contributed by atoms with E-state index in [-0.39, 0.29) is 0 Å². The van der Waals surface area contributed by atoms with Gasteiger partial charge in [-0.2, -0.15) is 0 Å². The first-order valence-electron chi connectivity index (χ1n) is 13.2. The van der Waals surface area contributed by atoms with Crippen LogP contribution in [-0.4, -0.2) is 59.1 Å². The van der Waals surface area contributed by atoms with E-state index in [1.807, 2.05) is 60.7 Å². The first kappa shape index (κ1) is 27.6. The van der Waals surface area contributed by atoms with E-state index in [2.05, 4.69) is 67.1 Å². The molecule has 4 atom stereocenters. The van der Waals surface area contributed by atoms with Crippen LogP contribution in [-0.2, 0) is 10.3 Å². The van der Waals surface area contributed by atoms with Crippen molar-refractivity contribution in [1.29, 1.82) is 0 Å². The number of nitrogens with one attached hydrogen (secondary N) is 1. The predicted molar refractivity (Wildman–Crippen MR) is 164 cm³/mol. The molecule has 210 valence electrons. The summed E-state index contributed by atoms with van der Waals surface area (Å²) in [5.74, 6) is 1.25. The van der Waals surface area contributed by atoms with Crippen molar-refractivity contribution in [1.82, 2.24) is 19.5 Å². The number of rotatable bonds is 8. The van der Waals surface area contributed by atoms with Gasteiger partial charge in [0.15, 0.2) is 23.2 Å². The van der Waals surface area contributed by atoms with Gasteiger partial charge < -0.3 is 25.0 Å². The number of hydrogen-bond acceptors (Lipinski definition) is 8. The Morgan fingerprint density at radius 1 is 0.951 bits per heavy atom. The molecule has 6 rings (SSSR count). The molecule has 3 heterocycles. The Kier molecular flexibility index (Phi) is 7.41. The van der Waals surface area contributed by atoms with Crippen LogP contribution in [0.15, 0.2) is 97.6 Å². The second-order valence-electron chi connectivity index (χ2n) is 10.2. The lowest BCUT2D eigenvalue weighted by molar-refractivity contribution is -0.0934. The molecule has 0 saturated carbocycles. The largest absolute Gasteiger partial charge is 0.497 e. The summed E-state index contributed by atoms with van der Waals surface area (Å²) in [5.41, 5.74) is 1.54. The molecule has 41 heavy (non-hydrogen) atoms. The van der Waals surface area contributed by atoms with Crippen molar-refractivity contribution < 1.29 is 19.7 Å². The Labute approximate surface area is 251 Å². The fourth-order valence-corrected chi connectivity index (χ4v) is 6.28. The summed E-state index contributed by atoms with van der Waals surface area (Å²) in [6.07, 6.45) is 0.589. The number of imidazole rings is 1. The van der Waals surface area contributed by atoms with Crippen molar-refractivity contribution in [3.63, 3.8) is 0 Å². The van der Waals surface area contributed by atoms with Gasteiger partial charge in [-0.05, 0) is 35.7 Å². The molecule has 10 heteroatoms. The van der Waals surface area contributed by atoms with E-state index in [4.69, 9.17) is 9.47 Å². The van der Waals surface area contributed by atoms with Gasteiger partial charge in [-0.15, -0.1) is 0 Å². The zero-order valence-electron chi connectivity index (χ0n) is 22.6. The number of fused-ring (bicyclic) bond motifs is 1. The van der Waals surface area contributed by atoms with E-state index in [0.29, 0.717) is 21.4 Å². The Hall–Kier alpha value is -3.58. The van der Waals surface area contributed by atoms with Crippen molar-refractivity contribution in [3.05, 3.63) is 114 Å². The van der Waals surface area contributed by atoms with Gasteiger partial charge >= 0.3 is 0 Å². The third-order valence-electron chi connectivity index (χ3n) is 7.76. The highest BCUT2D eigenvalue weighted by Gasteiger charge is 2.53. The molecule has 2 aromatic heterocycles. The minimum Gasteiger partial charge on any atom is -0.497 e. The summed E-state index contributed by atoms with van der Waals surface area (Å²) >= 11 is 2.14. The number of anilines is 1. The van der Waals surface area contributed by atoms with Crippen LogP contribution < -0.4 is 10.1 Å². The normalized spacial score (nSPS) is 22.6. The molecule has 3 N–H and O–H groups in total. The Morgan fingerprint density at radius 2 is 1.56 bits per heavy atom. The van der Waals surface area contributed by atoms with Crippen molar-refractivity contribution >= 4 is 39.6 Å². The summed E-state index contributed by atoms with van der Waals surface area (Å²) < 4.78 is 13.7. The van der Waals surface area contributed by atoms with Gasteiger partial charge in [0.05, 0.1) is 19.5 Å². The monoisotopic (exact) mass is 663 g/mol. The molecule has 0 radical (unpaired) electrons. The average Bonchev–Trinajstić information content (AvgIpc) is 3.54. The zero-order chi connectivity index (χ0) is 28.6. The van der Waals surface area contributed by atoms with Crippen LogP contribution in [0.1, 0.15) is 29.8 Å². The van der Waals surface area contributed by atoms with Gasteiger partial charge in [-0.3, -0.25) is 4.57 Å². The third-order valence-corrected chi connectivity index (χ3v) is 8.63. The van der Waals surface area contributed by atoms with E-state index in [1.54, 1.807) is 24.9 Å². The van der Waals surface area contributed by atoms with Crippen LogP contribution in [0, 0.1) is 0 Å². The highest BCUT2D eigenvalue weighted by Crippen LogP contribution is 2.43. The Bertz CT molecular complexity index is 1590. The van der Waals surface area contributed by atoms with Crippen LogP contribution in [0.5, 0.6) is 5.75 Å². The number of nitrogens with zero attached hydrogens (tertiary/aromatic N) is 4. The van der Waals surface area contributed by atoms with E-state index in [0.717, 1.165) is 22.4 Å². The molecule has 0 unspecified atom stereocenters. The fourth-order valence-electron chi connectivity index (χ4n) is 5.59. The molecule has 0 bridgehead atoms. The number of ether oxygens (including phenoxy) is 2. The van der Waals surface area contributed by atoms with Gasteiger partial charge in [0.25, 0.3) is 0 Å². The van der Waals surface area contributed by atoms with Crippen molar-refractivity contribution in [2.75, 3.05) is 16.9 Å². The van der Waals surface area contributed by atoms with Gasteiger partial charge in [0.1, 0.15) is 29.3 Å². The lowest BCUT2D eigenvalue weighted by Crippen LogP contribution is -2.43. The standard InChI is InChI=1S/C31H30IN5O4/c1-30(39)26(38)24(17-32)41-29(30)37-19-35-25-27(33-18-34-28(25)37)36-31(20-9-5-3-6-10-20,21-11-7-4-8-12-21)22-13-15-23(40-2)16-14-22/h3-16,18-19,24,26,29,38-39H,17H2,1-2H3,(H,33,34,36)/t24-,26-,29-,30-/m1/s1. The minimum absolute atomic E-state index is 0.471. The molecule has 3 aromatic carbocycles. The second-order valence-corrected chi connectivity index (χ2v) is 11.1. The number of aliphatic hydroxyl groups excluding tert-OH is 1. The highest BCUT2D eigenvalue weighted by molar-refractivity contribution is 14.1. The molecule has 0 aliphatic carbocycles. The Balaban J connectivity index is 1.53. The van der Waals surface area contributed by atoms with Crippen molar-refractivity contribution in [2.24, 2.45) is 0 Å². The Morgan fingerprint density at radius 3 is 2.12 bits per heavy atom. The topological polar surface area (TPSA) is 115 Å². The smallest absolute Gasteiger partial charge is 0.168 e. The SMILES string of the molecule is COc1ccc(C(Nc2ncnc3c2ncn3[C@@H]2O[C@H](CI)[C@@H](O)[C@@]2(C)O)(c2ccccc2)c2ccccc2)cc1. The number of halogens is 1. The molecule has 1 saturated heterocycles. The van der Waals surface area contributed by atoms with E-state index in [1.165, 1.54) is 6.33 Å². The average molecular weight is 664 g/mol. The lowest BCUT2D eigenvalue weighted by atomic mass is 9.77. The molecule has 0 amide bonds.